The van der Waals surface area contributed by atoms with E-state index in [0.717, 1.165) is 174 Å². The first-order valence-corrected chi connectivity index (χ1v) is 51.1. The predicted molar refractivity (Wildman–Crippen MR) is 544 cm³/mol. The molecule has 0 radical (unpaired) electrons. The van der Waals surface area contributed by atoms with Crippen LogP contribution in [0.5, 0.6) is 0 Å². The monoisotopic (exact) mass is 1780 g/mol. The summed E-state index contributed by atoms with van der Waals surface area (Å²) in [5.41, 5.74) is 10.0. The Balaban J connectivity index is 0.00000159. The van der Waals surface area contributed by atoms with Gasteiger partial charge in [0.25, 0.3) is 0 Å². The second-order valence-corrected chi connectivity index (χ2v) is 39.3. The molecular weight excluding hydrogens is 1590 g/mol. The predicted octanol–water partition coefficient (Wildman–Crippen LogP) is 28.7. The topological polar surface area (TPSA) is 217 Å². The average Bonchev–Trinajstić information content (AvgIpc) is 0.821. The van der Waals surface area contributed by atoms with Crippen LogP contribution in [0.3, 0.4) is 0 Å². The van der Waals surface area contributed by atoms with Gasteiger partial charge in [0.2, 0.25) is 0 Å². The fourth-order valence-corrected chi connectivity index (χ4v) is 17.4. The van der Waals surface area contributed by atoms with Gasteiger partial charge in [-0.1, -0.05) is 298 Å². The zero-order chi connectivity index (χ0) is 97.2. The number of unbranched alkanes of at least 4 members (excludes halogenated alkanes) is 7. The Morgan fingerprint density at radius 3 is 1.16 bits per heavy atom. The van der Waals surface area contributed by atoms with E-state index < -0.39 is 17.9 Å². The van der Waals surface area contributed by atoms with E-state index in [1.807, 2.05) is 24.3 Å². The van der Waals surface area contributed by atoms with Crippen molar-refractivity contribution in [1.29, 1.82) is 21.0 Å². The molecule has 0 amide bonds. The SMILES string of the molecule is C#C/C(C#N)=C/C=C/N(CC(CC)CCCC)CC(CC)CCCC.C#C/C(C#N)=C1/C=C(N(CC(CC)CCCC)CC(CC)CCCC)CCC1.C#C/C(C(=O)OC)=C1/C=C(NCC(CC)CCCC)CC(C)(C)C1.CCCCC(CC)CNC1=C/C(=C(/C#N)C(=O)OCC)CC(C)(C)C1.CCCCC(CC)COC(=O)/C(C#N)=C1\C=C(NC(C)CC)CC(C)(C)C1. The van der Waals surface area contributed by atoms with E-state index in [-0.39, 0.29) is 34.0 Å². The van der Waals surface area contributed by atoms with Crippen molar-refractivity contribution in [3.63, 3.8) is 0 Å². The molecule has 0 saturated carbocycles. The lowest BCUT2D eigenvalue weighted by molar-refractivity contribution is -0.140. The number of methoxy groups -OCH3 is 1. The molecule has 0 aliphatic heterocycles. The zero-order valence-electron chi connectivity index (χ0n) is 86.6. The van der Waals surface area contributed by atoms with Gasteiger partial charge in [-0.25, -0.2) is 14.4 Å². The molecule has 0 saturated heterocycles. The third-order valence-corrected chi connectivity index (χ3v) is 26.0. The molecule has 129 heavy (non-hydrogen) atoms. The molecule has 0 heterocycles. The third-order valence-electron chi connectivity index (χ3n) is 26.0. The number of carbonyl (C=O) groups excluding carboxylic acids is 3. The summed E-state index contributed by atoms with van der Waals surface area (Å²) in [6, 6.07) is 8.80. The molecule has 4 aliphatic carbocycles. The molecule has 4 aliphatic rings. The summed E-state index contributed by atoms with van der Waals surface area (Å²) in [6.45, 7) is 57.9. The van der Waals surface area contributed by atoms with Gasteiger partial charge in [-0.05, 0) is 246 Å². The summed E-state index contributed by atoms with van der Waals surface area (Å²) in [4.78, 5) is 41.7. The number of esters is 3. The molecule has 0 aromatic rings. The number of nitriles is 4. The summed E-state index contributed by atoms with van der Waals surface area (Å²) >= 11 is 0. The van der Waals surface area contributed by atoms with Crippen molar-refractivity contribution in [3.05, 3.63) is 116 Å². The number of hydrogen-bond acceptors (Lipinski definition) is 15. The lowest BCUT2D eigenvalue weighted by Crippen LogP contribution is -2.34. The highest BCUT2D eigenvalue weighted by molar-refractivity contribution is 5.95. The van der Waals surface area contributed by atoms with Crippen LogP contribution in [-0.2, 0) is 28.6 Å². The highest BCUT2D eigenvalue weighted by Gasteiger charge is 2.34. The molecule has 0 aromatic heterocycles. The summed E-state index contributed by atoms with van der Waals surface area (Å²) in [5, 5.41) is 48.1. The fourth-order valence-electron chi connectivity index (χ4n) is 17.4. The molecule has 0 bridgehead atoms. The van der Waals surface area contributed by atoms with Crippen LogP contribution in [0.2, 0.25) is 0 Å². The summed E-state index contributed by atoms with van der Waals surface area (Å²) in [6.07, 6.45) is 74.5. The number of ether oxygens (including phenoxy) is 3. The Morgan fingerprint density at radius 2 is 0.814 bits per heavy atom. The maximum atomic E-state index is 12.6. The lowest BCUT2D eigenvalue weighted by Gasteiger charge is -2.36. The summed E-state index contributed by atoms with van der Waals surface area (Å²) in [5.74, 6) is 10.8. The molecule has 3 N–H and O–H groups in total. The van der Waals surface area contributed by atoms with Crippen molar-refractivity contribution in [3.8, 4) is 61.3 Å². The van der Waals surface area contributed by atoms with Crippen molar-refractivity contribution in [1.82, 2.24) is 25.8 Å². The average molecular weight is 1780 g/mol. The van der Waals surface area contributed by atoms with E-state index in [0.29, 0.717) is 60.0 Å². The zero-order valence-corrected chi connectivity index (χ0v) is 86.6. The molecule has 15 heteroatoms. The van der Waals surface area contributed by atoms with Crippen LogP contribution in [-0.4, -0.2) is 93.3 Å². The van der Waals surface area contributed by atoms with E-state index in [4.69, 9.17) is 38.7 Å². The van der Waals surface area contributed by atoms with Gasteiger partial charge in [-0.3, -0.25) is 0 Å². The number of rotatable bonds is 54. The molecular formula is C114H185N9O6. The van der Waals surface area contributed by atoms with Gasteiger partial charge in [0.05, 0.1) is 20.3 Å². The molecule has 8 unspecified atom stereocenters. The maximum Gasteiger partial charge on any atom is 0.349 e. The summed E-state index contributed by atoms with van der Waals surface area (Å²) < 4.78 is 15.4. The van der Waals surface area contributed by atoms with Gasteiger partial charge in [0.15, 0.2) is 0 Å². The van der Waals surface area contributed by atoms with Crippen molar-refractivity contribution < 1.29 is 28.6 Å². The number of nitrogens with one attached hydrogen (secondary N) is 3. The number of terminal acetylenes is 3. The minimum absolute atomic E-state index is 0.00926. The van der Waals surface area contributed by atoms with E-state index in [2.05, 4.69) is 232 Å². The number of hydrogen-bond donors (Lipinski definition) is 3. The Labute approximate surface area is 792 Å². The van der Waals surface area contributed by atoms with Gasteiger partial charge in [-0.2, -0.15) is 21.0 Å². The van der Waals surface area contributed by atoms with Gasteiger partial charge in [0.1, 0.15) is 52.1 Å². The normalized spacial score (nSPS) is 18.3. The first-order chi connectivity index (χ1) is 61.7. The highest BCUT2D eigenvalue weighted by atomic mass is 16.5. The molecule has 722 valence electrons. The lowest BCUT2D eigenvalue weighted by atomic mass is 9.76. The van der Waals surface area contributed by atoms with Crippen LogP contribution < -0.4 is 16.0 Å². The van der Waals surface area contributed by atoms with Crippen molar-refractivity contribution in [2.24, 2.45) is 57.7 Å². The van der Waals surface area contributed by atoms with Crippen LogP contribution >= 0.6 is 0 Å². The van der Waals surface area contributed by atoms with E-state index >= 15 is 0 Å². The van der Waals surface area contributed by atoms with Crippen LogP contribution in [0.25, 0.3) is 0 Å². The van der Waals surface area contributed by atoms with Crippen molar-refractivity contribution >= 4 is 17.9 Å². The standard InChI is InChI=1S/C26H42N2.C23H38N2O2.C23H38N2.C21H34N2O2.C21H33NO2/c1-6-11-14-22(8-3)20-28(21-23(9-4)15-12-7-2)26-17-13-16-25(18-26)24(10-5)19-27;1-7-10-11-18(9-3)16-27-22(26)21(15-24)19-12-20(25-17(4)8-2)14-23(5,6)13-19;1-6-11-14-22(9-4)19-25(17-13-16-21(8-3)18-24)20-23(10-5)15-12-7-2;1-6-9-10-16(7-2)15-23-18-11-17(12-21(4,5)13-18)19(14-22)20(24)25-8-3;1-7-10-11-16(8-2)15-22-18-12-17(13-21(4,5)14-18)19(9-3)20(23)24-6/h5,18,22-23H,6-9,11-17,20-21H2,1-4H3;12,17-18,25H,7-11,13-14,16H2,1-6H3;3,13,16-17,22-23H,6-7,9-12,14-15,19-20H2,1-2,4-5H3;11,16,23H,6-10,12-13,15H2,1-5H3;3,12,16,22H,7-8,10-11,13-15H2,1-2,4-6H3/b25-24-;21-19+;17-13+,21-16-;2*19-17+. The minimum Gasteiger partial charge on any atom is -0.465 e. The van der Waals surface area contributed by atoms with Crippen LogP contribution in [0.1, 0.15) is 403 Å². The van der Waals surface area contributed by atoms with Gasteiger partial charge < -0.3 is 40.0 Å². The Hall–Kier alpha value is -8.55. The first-order valence-electron chi connectivity index (χ1n) is 51.1. The second kappa shape index (κ2) is 71.2. The Bertz CT molecular complexity index is 3820. The summed E-state index contributed by atoms with van der Waals surface area (Å²) in [7, 11) is 1.37. The van der Waals surface area contributed by atoms with Gasteiger partial charge >= 0.3 is 17.9 Å². The van der Waals surface area contributed by atoms with E-state index in [1.165, 1.54) is 173 Å². The Kier molecular flexibility index (Phi) is 66.5. The van der Waals surface area contributed by atoms with Gasteiger partial charge in [-0.15, -0.1) is 19.3 Å². The van der Waals surface area contributed by atoms with E-state index in [9.17, 15) is 30.2 Å². The smallest absolute Gasteiger partial charge is 0.349 e. The highest BCUT2D eigenvalue weighted by Crippen LogP contribution is 2.42. The van der Waals surface area contributed by atoms with Crippen LogP contribution in [0.15, 0.2) is 116 Å². The molecule has 0 aromatic carbocycles. The number of nitrogens with zero attached hydrogens (tertiary/aromatic N) is 6. The molecule has 8 atom stereocenters. The second-order valence-electron chi connectivity index (χ2n) is 39.3. The first kappa shape index (κ1) is 120. The molecule has 0 fully saturated rings. The van der Waals surface area contributed by atoms with Crippen molar-refractivity contribution in [2.75, 3.05) is 59.6 Å². The third kappa shape index (κ3) is 51.2. The fraction of sp³-hybridized carbons (Fsp3) is 0.711. The van der Waals surface area contributed by atoms with E-state index in [1.54, 1.807) is 13.0 Å². The molecule has 0 spiro atoms. The largest absolute Gasteiger partial charge is 0.465 e. The van der Waals surface area contributed by atoms with Crippen LogP contribution in [0, 0.1) is 140 Å². The minimum atomic E-state index is -0.511. The molecule has 4 rings (SSSR count). The van der Waals surface area contributed by atoms with Crippen LogP contribution in [0.4, 0.5) is 0 Å². The van der Waals surface area contributed by atoms with Crippen molar-refractivity contribution in [2.45, 2.75) is 409 Å². The number of carbonyl (C=O) groups is 3. The molecule has 15 nitrogen and oxygen atoms in total. The number of allylic oxidation sites excluding steroid dienone is 16. The quantitative estimate of drug-likeness (QED) is 0.0129. The Morgan fingerprint density at radius 1 is 0.434 bits per heavy atom. The maximum absolute atomic E-state index is 12.6. The van der Waals surface area contributed by atoms with Gasteiger partial charge in [0, 0.05) is 68.1 Å².